The molecule has 0 aliphatic carbocycles. The molecular formula is C22H23N3O2. The molecule has 0 saturated heterocycles. The first-order chi connectivity index (χ1) is 12.9. The van der Waals surface area contributed by atoms with Crippen LogP contribution in [0.4, 0.5) is 16.2 Å². The van der Waals surface area contributed by atoms with E-state index in [1.165, 1.54) is 0 Å². The molecule has 1 heterocycles. The van der Waals surface area contributed by atoms with Crippen molar-refractivity contribution in [2.45, 2.75) is 26.2 Å². The Kier molecular flexibility index (Phi) is 5.41. The molecule has 0 radical (unpaired) electrons. The quantitative estimate of drug-likeness (QED) is 0.616. The Morgan fingerprint density at radius 2 is 1.48 bits per heavy atom. The number of amides is 2. The van der Waals surface area contributed by atoms with Gasteiger partial charge in [0.25, 0.3) is 0 Å². The first-order valence-electron chi connectivity index (χ1n) is 8.77. The van der Waals surface area contributed by atoms with Crippen LogP contribution in [0.3, 0.4) is 0 Å². The molecule has 5 heteroatoms. The van der Waals surface area contributed by atoms with Crippen LogP contribution in [0.15, 0.2) is 73.1 Å². The molecule has 3 aromatic rings. The Morgan fingerprint density at radius 1 is 0.852 bits per heavy atom. The highest BCUT2D eigenvalue weighted by Gasteiger charge is 2.14. The fourth-order valence-electron chi connectivity index (χ4n) is 2.51. The molecule has 0 saturated carbocycles. The highest BCUT2D eigenvalue weighted by atomic mass is 16.5. The van der Waals surface area contributed by atoms with E-state index in [0.29, 0.717) is 17.2 Å². The van der Waals surface area contributed by atoms with Gasteiger partial charge in [0.15, 0.2) is 0 Å². The van der Waals surface area contributed by atoms with Crippen LogP contribution in [0, 0.1) is 0 Å². The minimum absolute atomic E-state index is 0.0266. The predicted octanol–water partition coefficient (Wildman–Crippen LogP) is 5.82. The van der Waals surface area contributed by atoms with Crippen molar-refractivity contribution in [3.05, 3.63) is 78.6 Å². The summed E-state index contributed by atoms with van der Waals surface area (Å²) in [6.07, 6.45) is 3.34. The third kappa shape index (κ3) is 5.31. The number of carbonyl (C=O) groups is 1. The lowest BCUT2D eigenvalue weighted by molar-refractivity contribution is 0.262. The highest BCUT2D eigenvalue weighted by Crippen LogP contribution is 2.25. The number of hydrogen-bond acceptors (Lipinski definition) is 3. The van der Waals surface area contributed by atoms with Gasteiger partial charge >= 0.3 is 6.03 Å². The lowest BCUT2D eigenvalue weighted by atomic mass is 9.87. The summed E-state index contributed by atoms with van der Waals surface area (Å²) in [6, 6.07) is 18.3. The molecule has 0 unspecified atom stereocenters. The van der Waals surface area contributed by atoms with Crippen LogP contribution in [-0.2, 0) is 5.41 Å². The van der Waals surface area contributed by atoms with Crippen molar-refractivity contribution in [3.63, 3.8) is 0 Å². The first-order valence-corrected chi connectivity index (χ1v) is 8.77. The SMILES string of the molecule is CC(C)(C)c1cccc(NC(=O)Nc2ccc(Oc3ccncc3)cc2)c1. The van der Waals surface area contributed by atoms with Crippen LogP contribution < -0.4 is 15.4 Å². The number of aromatic nitrogens is 1. The van der Waals surface area contributed by atoms with E-state index in [-0.39, 0.29) is 11.4 Å². The number of nitrogens with zero attached hydrogens (tertiary/aromatic N) is 1. The van der Waals surface area contributed by atoms with Gasteiger partial charge in [0.2, 0.25) is 0 Å². The molecule has 0 aliphatic rings. The molecule has 0 aliphatic heterocycles. The second-order valence-electron chi connectivity index (χ2n) is 7.22. The molecular weight excluding hydrogens is 338 g/mol. The van der Waals surface area contributed by atoms with E-state index < -0.39 is 0 Å². The van der Waals surface area contributed by atoms with Gasteiger partial charge in [-0.25, -0.2) is 4.79 Å². The number of benzene rings is 2. The molecule has 0 fully saturated rings. The molecule has 3 rings (SSSR count). The van der Waals surface area contributed by atoms with E-state index in [9.17, 15) is 4.79 Å². The summed E-state index contributed by atoms with van der Waals surface area (Å²) in [6.45, 7) is 6.42. The van der Waals surface area contributed by atoms with E-state index in [1.54, 1.807) is 48.8 Å². The van der Waals surface area contributed by atoms with Crippen molar-refractivity contribution in [1.82, 2.24) is 4.98 Å². The zero-order valence-electron chi connectivity index (χ0n) is 15.7. The first kappa shape index (κ1) is 18.5. The highest BCUT2D eigenvalue weighted by molar-refractivity contribution is 5.99. The van der Waals surface area contributed by atoms with Crippen LogP contribution in [0.2, 0.25) is 0 Å². The normalized spacial score (nSPS) is 10.9. The molecule has 0 bridgehead atoms. The summed E-state index contributed by atoms with van der Waals surface area (Å²) < 4.78 is 5.71. The zero-order valence-corrected chi connectivity index (χ0v) is 15.7. The molecule has 2 amide bonds. The number of rotatable bonds is 4. The van der Waals surface area contributed by atoms with Crippen LogP contribution in [0.25, 0.3) is 0 Å². The molecule has 27 heavy (non-hydrogen) atoms. The third-order valence-corrected chi connectivity index (χ3v) is 3.98. The number of ether oxygens (including phenoxy) is 1. The Labute approximate surface area is 159 Å². The van der Waals surface area contributed by atoms with Gasteiger partial charge in [-0.05, 0) is 59.5 Å². The van der Waals surface area contributed by atoms with E-state index in [2.05, 4.69) is 42.5 Å². The van der Waals surface area contributed by atoms with Gasteiger partial charge in [0.05, 0.1) is 0 Å². The van der Waals surface area contributed by atoms with Crippen LogP contribution in [0.5, 0.6) is 11.5 Å². The van der Waals surface area contributed by atoms with Crippen molar-refractivity contribution in [3.8, 4) is 11.5 Å². The van der Waals surface area contributed by atoms with Gasteiger partial charge in [0, 0.05) is 23.8 Å². The van der Waals surface area contributed by atoms with Gasteiger partial charge in [-0.3, -0.25) is 4.98 Å². The minimum atomic E-state index is -0.288. The number of urea groups is 1. The van der Waals surface area contributed by atoms with Gasteiger partial charge in [-0.1, -0.05) is 32.9 Å². The molecule has 2 N–H and O–H groups in total. The average Bonchev–Trinajstić information content (AvgIpc) is 2.64. The van der Waals surface area contributed by atoms with Crippen LogP contribution >= 0.6 is 0 Å². The monoisotopic (exact) mass is 361 g/mol. The topological polar surface area (TPSA) is 63.2 Å². The smallest absolute Gasteiger partial charge is 0.323 e. The lowest BCUT2D eigenvalue weighted by Gasteiger charge is -2.20. The average molecular weight is 361 g/mol. The fourth-order valence-corrected chi connectivity index (χ4v) is 2.51. The summed E-state index contributed by atoms with van der Waals surface area (Å²) in [7, 11) is 0. The second kappa shape index (κ2) is 7.91. The molecule has 0 spiro atoms. The minimum Gasteiger partial charge on any atom is -0.457 e. The van der Waals surface area contributed by atoms with Crippen molar-refractivity contribution in [2.24, 2.45) is 0 Å². The van der Waals surface area contributed by atoms with Crippen molar-refractivity contribution in [2.75, 3.05) is 10.6 Å². The maximum Gasteiger partial charge on any atom is 0.323 e. The van der Waals surface area contributed by atoms with Gasteiger partial charge in [-0.2, -0.15) is 0 Å². The molecule has 138 valence electrons. The van der Waals surface area contributed by atoms with Gasteiger partial charge < -0.3 is 15.4 Å². The number of pyridine rings is 1. The fraction of sp³-hybridized carbons (Fsp3) is 0.182. The predicted molar refractivity (Wildman–Crippen MR) is 109 cm³/mol. The van der Waals surface area contributed by atoms with Gasteiger partial charge in [0.1, 0.15) is 11.5 Å². The standard InChI is InChI=1S/C22H23N3O2/c1-22(2,3)16-5-4-6-18(15-16)25-21(26)24-17-7-9-19(10-8-17)27-20-11-13-23-14-12-20/h4-15H,1-3H3,(H2,24,25,26). The van der Waals surface area contributed by atoms with E-state index in [1.807, 2.05) is 18.2 Å². The maximum absolute atomic E-state index is 12.3. The van der Waals surface area contributed by atoms with Crippen molar-refractivity contribution in [1.29, 1.82) is 0 Å². The number of carbonyl (C=O) groups excluding carboxylic acids is 1. The summed E-state index contributed by atoms with van der Waals surface area (Å²) >= 11 is 0. The Morgan fingerprint density at radius 3 is 2.15 bits per heavy atom. The summed E-state index contributed by atoms with van der Waals surface area (Å²) in [5.74, 6) is 1.40. The second-order valence-corrected chi connectivity index (χ2v) is 7.22. The van der Waals surface area contributed by atoms with Crippen molar-refractivity contribution >= 4 is 17.4 Å². The van der Waals surface area contributed by atoms with E-state index >= 15 is 0 Å². The van der Waals surface area contributed by atoms with Crippen LogP contribution in [-0.4, -0.2) is 11.0 Å². The zero-order chi connectivity index (χ0) is 19.3. The summed E-state index contributed by atoms with van der Waals surface area (Å²) in [5, 5.41) is 5.69. The number of nitrogens with one attached hydrogen (secondary N) is 2. The largest absolute Gasteiger partial charge is 0.457 e. The number of hydrogen-bond donors (Lipinski definition) is 2. The molecule has 1 aromatic heterocycles. The lowest BCUT2D eigenvalue weighted by Crippen LogP contribution is -2.20. The Bertz CT molecular complexity index is 901. The molecule has 0 atom stereocenters. The molecule has 5 nitrogen and oxygen atoms in total. The van der Waals surface area contributed by atoms with E-state index in [4.69, 9.17) is 4.74 Å². The van der Waals surface area contributed by atoms with Crippen LogP contribution in [0.1, 0.15) is 26.3 Å². The van der Waals surface area contributed by atoms with E-state index in [0.717, 1.165) is 11.3 Å². The van der Waals surface area contributed by atoms with Crippen molar-refractivity contribution < 1.29 is 9.53 Å². The Balaban J connectivity index is 1.60. The summed E-state index contributed by atoms with van der Waals surface area (Å²) in [5.41, 5.74) is 2.63. The summed E-state index contributed by atoms with van der Waals surface area (Å²) in [4.78, 5) is 16.2. The number of anilines is 2. The third-order valence-electron chi connectivity index (χ3n) is 3.98. The molecule has 2 aromatic carbocycles. The van der Waals surface area contributed by atoms with Gasteiger partial charge in [-0.15, -0.1) is 0 Å². The maximum atomic E-state index is 12.3. The Hall–Kier alpha value is -3.34.